The Morgan fingerprint density at radius 1 is 1.00 bits per heavy atom. The lowest BCUT2D eigenvalue weighted by atomic mass is 10.1. The minimum atomic E-state index is -0.0844. The third-order valence-corrected chi connectivity index (χ3v) is 3.49. The number of carbonyl (C=O) groups is 1. The second-order valence-corrected chi connectivity index (χ2v) is 5.23. The SMILES string of the molecule is COc1ccc(C(=O)C=Cc2ccc(Br)cc2)cc1OC. The molecule has 0 saturated heterocycles. The maximum Gasteiger partial charge on any atom is 0.185 e. The van der Waals surface area contributed by atoms with Crippen LogP contribution < -0.4 is 9.47 Å². The largest absolute Gasteiger partial charge is 0.493 e. The summed E-state index contributed by atoms with van der Waals surface area (Å²) in [5.41, 5.74) is 1.52. The third kappa shape index (κ3) is 3.95. The number of rotatable bonds is 5. The van der Waals surface area contributed by atoms with Gasteiger partial charge in [-0.2, -0.15) is 0 Å². The van der Waals surface area contributed by atoms with Crippen LogP contribution >= 0.6 is 15.9 Å². The Labute approximate surface area is 132 Å². The standard InChI is InChI=1S/C17H15BrO3/c1-20-16-10-6-13(11-17(16)21-2)15(19)9-5-12-3-7-14(18)8-4-12/h3-11H,1-2H3. The molecule has 0 bridgehead atoms. The lowest BCUT2D eigenvalue weighted by molar-refractivity contribution is 0.104. The molecular formula is C17H15BrO3. The second-order valence-electron chi connectivity index (χ2n) is 4.32. The first-order chi connectivity index (χ1) is 10.1. The minimum Gasteiger partial charge on any atom is -0.493 e. The number of ketones is 1. The lowest BCUT2D eigenvalue weighted by Gasteiger charge is -2.07. The highest BCUT2D eigenvalue weighted by Crippen LogP contribution is 2.27. The number of benzene rings is 2. The van der Waals surface area contributed by atoms with Crippen LogP contribution in [0, 0.1) is 0 Å². The quantitative estimate of drug-likeness (QED) is 0.595. The molecule has 0 atom stereocenters. The fraction of sp³-hybridized carbons (Fsp3) is 0.118. The molecule has 2 aromatic rings. The van der Waals surface area contributed by atoms with Gasteiger partial charge in [-0.3, -0.25) is 4.79 Å². The number of methoxy groups -OCH3 is 2. The molecule has 0 fully saturated rings. The topological polar surface area (TPSA) is 35.5 Å². The zero-order valence-electron chi connectivity index (χ0n) is 11.8. The van der Waals surface area contributed by atoms with E-state index in [0.717, 1.165) is 10.0 Å². The van der Waals surface area contributed by atoms with Crippen molar-refractivity contribution in [2.24, 2.45) is 0 Å². The Morgan fingerprint density at radius 2 is 1.67 bits per heavy atom. The van der Waals surface area contributed by atoms with Gasteiger partial charge >= 0.3 is 0 Å². The monoisotopic (exact) mass is 346 g/mol. The molecule has 3 nitrogen and oxygen atoms in total. The van der Waals surface area contributed by atoms with Gasteiger partial charge in [0, 0.05) is 10.0 Å². The minimum absolute atomic E-state index is 0.0844. The molecule has 2 rings (SSSR count). The fourth-order valence-electron chi connectivity index (χ4n) is 1.83. The van der Waals surface area contributed by atoms with Gasteiger partial charge in [-0.15, -0.1) is 0 Å². The van der Waals surface area contributed by atoms with Crippen molar-refractivity contribution in [2.75, 3.05) is 14.2 Å². The first-order valence-corrected chi connectivity index (χ1v) is 7.13. The summed E-state index contributed by atoms with van der Waals surface area (Å²) in [6, 6.07) is 12.8. The summed E-state index contributed by atoms with van der Waals surface area (Å²) in [6.07, 6.45) is 3.33. The highest BCUT2D eigenvalue weighted by molar-refractivity contribution is 9.10. The van der Waals surface area contributed by atoms with Crippen LogP contribution in [0.2, 0.25) is 0 Å². The van der Waals surface area contributed by atoms with E-state index in [0.29, 0.717) is 17.1 Å². The van der Waals surface area contributed by atoms with Gasteiger partial charge in [0.05, 0.1) is 14.2 Å². The Morgan fingerprint density at radius 3 is 2.29 bits per heavy atom. The Balaban J connectivity index is 2.18. The maximum absolute atomic E-state index is 12.2. The van der Waals surface area contributed by atoms with Gasteiger partial charge in [0.1, 0.15) is 0 Å². The van der Waals surface area contributed by atoms with Crippen LogP contribution in [0.5, 0.6) is 11.5 Å². The molecule has 0 aliphatic rings. The van der Waals surface area contributed by atoms with Crippen LogP contribution in [0.3, 0.4) is 0 Å². The highest BCUT2D eigenvalue weighted by Gasteiger charge is 2.08. The van der Waals surface area contributed by atoms with Crippen molar-refractivity contribution in [1.82, 2.24) is 0 Å². The van der Waals surface area contributed by atoms with Crippen LogP contribution in [0.25, 0.3) is 6.08 Å². The van der Waals surface area contributed by atoms with E-state index in [4.69, 9.17) is 9.47 Å². The molecule has 0 saturated carbocycles. The molecule has 0 amide bonds. The van der Waals surface area contributed by atoms with Crippen molar-refractivity contribution in [2.45, 2.75) is 0 Å². The van der Waals surface area contributed by atoms with Crippen LogP contribution in [0.1, 0.15) is 15.9 Å². The second kappa shape index (κ2) is 7.09. The molecule has 21 heavy (non-hydrogen) atoms. The summed E-state index contributed by atoms with van der Waals surface area (Å²) in [6.45, 7) is 0. The molecule has 0 heterocycles. The molecule has 0 spiro atoms. The zero-order chi connectivity index (χ0) is 15.2. The summed E-state index contributed by atoms with van der Waals surface area (Å²) in [7, 11) is 3.11. The van der Waals surface area contributed by atoms with Crippen LogP contribution in [0.15, 0.2) is 53.0 Å². The molecule has 0 unspecified atom stereocenters. The molecule has 0 N–H and O–H groups in total. The predicted molar refractivity (Wildman–Crippen MR) is 87.1 cm³/mol. The average Bonchev–Trinajstić information content (AvgIpc) is 2.53. The van der Waals surface area contributed by atoms with Crippen molar-refractivity contribution in [1.29, 1.82) is 0 Å². The van der Waals surface area contributed by atoms with Crippen LogP contribution in [-0.4, -0.2) is 20.0 Å². The van der Waals surface area contributed by atoms with Crippen molar-refractivity contribution < 1.29 is 14.3 Å². The molecule has 4 heteroatoms. The Kier molecular flexibility index (Phi) is 5.17. The molecule has 108 valence electrons. The van der Waals surface area contributed by atoms with E-state index in [1.54, 1.807) is 44.6 Å². The normalized spacial score (nSPS) is 10.6. The summed E-state index contributed by atoms with van der Waals surface area (Å²) in [4.78, 5) is 12.2. The molecule has 0 aromatic heterocycles. The van der Waals surface area contributed by atoms with E-state index >= 15 is 0 Å². The molecule has 0 radical (unpaired) electrons. The number of hydrogen-bond donors (Lipinski definition) is 0. The van der Waals surface area contributed by atoms with Crippen molar-refractivity contribution in [3.05, 3.63) is 64.1 Å². The van der Waals surface area contributed by atoms with Gasteiger partial charge in [0.2, 0.25) is 0 Å². The van der Waals surface area contributed by atoms with Crippen LogP contribution in [-0.2, 0) is 0 Å². The average molecular weight is 347 g/mol. The molecule has 2 aromatic carbocycles. The Bertz CT molecular complexity index is 660. The van der Waals surface area contributed by atoms with Gasteiger partial charge in [-0.1, -0.05) is 34.1 Å². The van der Waals surface area contributed by atoms with Gasteiger partial charge in [-0.25, -0.2) is 0 Å². The van der Waals surface area contributed by atoms with E-state index in [-0.39, 0.29) is 5.78 Å². The van der Waals surface area contributed by atoms with Crippen LogP contribution in [0.4, 0.5) is 0 Å². The number of carbonyl (C=O) groups excluding carboxylic acids is 1. The Hall–Kier alpha value is -2.07. The highest BCUT2D eigenvalue weighted by atomic mass is 79.9. The summed E-state index contributed by atoms with van der Waals surface area (Å²) < 4.78 is 11.4. The number of allylic oxidation sites excluding steroid dienone is 1. The third-order valence-electron chi connectivity index (χ3n) is 2.97. The van der Waals surface area contributed by atoms with Crippen molar-refractivity contribution in [3.8, 4) is 11.5 Å². The first-order valence-electron chi connectivity index (χ1n) is 6.34. The number of hydrogen-bond acceptors (Lipinski definition) is 3. The van der Waals surface area contributed by atoms with E-state index in [1.807, 2.05) is 24.3 Å². The van der Waals surface area contributed by atoms with Gasteiger partial charge in [0.25, 0.3) is 0 Å². The summed E-state index contributed by atoms with van der Waals surface area (Å²) in [5, 5.41) is 0. The molecule has 0 aliphatic carbocycles. The van der Waals surface area contributed by atoms with Gasteiger partial charge in [0.15, 0.2) is 17.3 Å². The van der Waals surface area contributed by atoms with Crippen molar-refractivity contribution in [3.63, 3.8) is 0 Å². The van der Waals surface area contributed by atoms with Crippen molar-refractivity contribution >= 4 is 27.8 Å². The molecule has 0 aliphatic heterocycles. The summed E-state index contributed by atoms with van der Waals surface area (Å²) >= 11 is 3.37. The van der Waals surface area contributed by atoms with E-state index in [9.17, 15) is 4.79 Å². The fourth-order valence-corrected chi connectivity index (χ4v) is 2.10. The van der Waals surface area contributed by atoms with Gasteiger partial charge < -0.3 is 9.47 Å². The maximum atomic E-state index is 12.2. The number of halogens is 1. The zero-order valence-corrected chi connectivity index (χ0v) is 13.4. The lowest BCUT2D eigenvalue weighted by Crippen LogP contribution is -1.97. The summed E-state index contributed by atoms with van der Waals surface area (Å²) in [5.74, 6) is 1.06. The van der Waals surface area contributed by atoms with Gasteiger partial charge in [-0.05, 0) is 42.0 Å². The van der Waals surface area contributed by atoms with E-state index < -0.39 is 0 Å². The van der Waals surface area contributed by atoms with E-state index in [2.05, 4.69) is 15.9 Å². The van der Waals surface area contributed by atoms with E-state index in [1.165, 1.54) is 0 Å². The first kappa shape index (κ1) is 15.3. The predicted octanol–water partition coefficient (Wildman–Crippen LogP) is 4.36. The molecular weight excluding hydrogens is 332 g/mol. The number of ether oxygens (including phenoxy) is 2. The smallest absolute Gasteiger partial charge is 0.185 e.